The van der Waals surface area contributed by atoms with Crippen molar-refractivity contribution in [1.29, 1.82) is 0 Å². The molecule has 4 rings (SSSR count). The number of rotatable bonds is 10. The molecule has 0 bridgehead atoms. The van der Waals surface area contributed by atoms with Crippen LogP contribution in [0.3, 0.4) is 0 Å². The topological polar surface area (TPSA) is 120 Å². The minimum absolute atomic E-state index is 0.00783. The number of ketones is 1. The molecule has 0 saturated carbocycles. The van der Waals surface area contributed by atoms with Gasteiger partial charge in [0, 0.05) is 18.4 Å². The second-order valence-electron chi connectivity index (χ2n) is 8.94. The molecular formula is C28H31NO8. The molecule has 2 aliphatic carbocycles. The molecule has 0 spiro atoms. The van der Waals surface area contributed by atoms with E-state index in [4.69, 9.17) is 18.9 Å². The number of carbonyl (C=O) groups is 3. The summed E-state index contributed by atoms with van der Waals surface area (Å²) in [4.78, 5) is 36.6. The van der Waals surface area contributed by atoms with E-state index in [0.29, 0.717) is 30.1 Å². The zero-order valence-corrected chi connectivity index (χ0v) is 21.0. The van der Waals surface area contributed by atoms with Crippen molar-refractivity contribution in [2.24, 2.45) is 0 Å². The highest BCUT2D eigenvalue weighted by molar-refractivity contribution is 6.06. The molecular weight excluding hydrogens is 478 g/mol. The molecule has 2 aromatic rings. The fourth-order valence-corrected chi connectivity index (χ4v) is 4.87. The van der Waals surface area contributed by atoms with Gasteiger partial charge in [0.1, 0.15) is 12.6 Å². The number of aliphatic carboxylic acids is 1. The Morgan fingerprint density at radius 3 is 2.43 bits per heavy atom. The summed E-state index contributed by atoms with van der Waals surface area (Å²) in [6.45, 7) is 0.0173. The first kappa shape index (κ1) is 26.1. The van der Waals surface area contributed by atoms with Crippen LogP contribution in [0.15, 0.2) is 42.0 Å². The van der Waals surface area contributed by atoms with Crippen LogP contribution in [-0.2, 0) is 27.4 Å². The number of benzene rings is 2. The number of amides is 1. The molecule has 0 radical (unpaired) electrons. The number of Topliss-reactive ketones (excluding diaryl/α,β-unsaturated/α-hetero) is 1. The molecule has 2 aliphatic rings. The van der Waals surface area contributed by atoms with Crippen molar-refractivity contribution in [3.63, 3.8) is 0 Å². The Morgan fingerprint density at radius 1 is 1.00 bits per heavy atom. The number of hydrogen-bond acceptors (Lipinski definition) is 7. The van der Waals surface area contributed by atoms with E-state index in [1.165, 1.54) is 7.11 Å². The summed E-state index contributed by atoms with van der Waals surface area (Å²) in [6, 6.07) is 9.73. The number of carbonyl (C=O) groups excluding carboxylic acids is 2. The predicted octanol–water partition coefficient (Wildman–Crippen LogP) is 4.31. The van der Waals surface area contributed by atoms with Gasteiger partial charge in [-0.1, -0.05) is 30.3 Å². The second kappa shape index (κ2) is 11.8. The van der Waals surface area contributed by atoms with Crippen LogP contribution in [-0.4, -0.2) is 49.8 Å². The predicted molar refractivity (Wildman–Crippen MR) is 135 cm³/mol. The first-order valence-electron chi connectivity index (χ1n) is 12.3. The lowest BCUT2D eigenvalue weighted by atomic mass is 9.95. The van der Waals surface area contributed by atoms with Gasteiger partial charge in [-0.25, -0.2) is 9.59 Å². The van der Waals surface area contributed by atoms with Crippen LogP contribution < -0.4 is 19.5 Å². The molecule has 9 heteroatoms. The number of alkyl carbamates (subject to hydrolysis) is 1. The van der Waals surface area contributed by atoms with Crippen molar-refractivity contribution in [2.45, 2.75) is 51.2 Å². The highest BCUT2D eigenvalue weighted by Gasteiger charge is 2.32. The largest absolute Gasteiger partial charge is 0.492 e. The van der Waals surface area contributed by atoms with Gasteiger partial charge in [-0.2, -0.15) is 0 Å². The Labute approximate surface area is 215 Å². The van der Waals surface area contributed by atoms with Crippen molar-refractivity contribution in [3.05, 3.63) is 58.7 Å². The standard InChI is InChI=1S/C28H31NO8/c1-34-25-23(15-18-11-12-22(30)19-9-6-10-20(19)24(18)26(25)35-2)36-14-13-21(27(31)32)29-28(33)37-16-17-7-4-3-5-8-17/h3-5,7-8,15,21H,6,9-14,16H2,1-2H3,(H,29,33)(H,31,32). The first-order valence-corrected chi connectivity index (χ1v) is 12.3. The Kier molecular flexibility index (Phi) is 8.32. The van der Waals surface area contributed by atoms with Crippen molar-refractivity contribution in [2.75, 3.05) is 20.8 Å². The number of carboxylic acids is 1. The van der Waals surface area contributed by atoms with Crippen molar-refractivity contribution < 1.29 is 38.4 Å². The summed E-state index contributed by atoms with van der Waals surface area (Å²) in [7, 11) is 3.06. The van der Waals surface area contributed by atoms with Crippen LogP contribution in [0.25, 0.3) is 5.57 Å². The van der Waals surface area contributed by atoms with Crippen LogP contribution in [0.5, 0.6) is 17.2 Å². The quantitative estimate of drug-likeness (QED) is 0.486. The van der Waals surface area contributed by atoms with E-state index in [1.54, 1.807) is 19.2 Å². The number of nitrogens with one attached hydrogen (secondary N) is 1. The molecule has 2 aromatic carbocycles. The van der Waals surface area contributed by atoms with E-state index in [-0.39, 0.29) is 25.4 Å². The van der Waals surface area contributed by atoms with E-state index in [0.717, 1.165) is 47.1 Å². The summed E-state index contributed by atoms with van der Waals surface area (Å²) in [6.07, 6.45) is 2.63. The third-order valence-electron chi connectivity index (χ3n) is 6.64. The fourth-order valence-electron chi connectivity index (χ4n) is 4.87. The monoisotopic (exact) mass is 509 g/mol. The molecule has 0 aromatic heterocycles. The minimum Gasteiger partial charge on any atom is -0.492 e. The number of aryl methyl sites for hydroxylation is 1. The zero-order valence-electron chi connectivity index (χ0n) is 21.0. The van der Waals surface area contributed by atoms with Gasteiger partial charge in [0.05, 0.1) is 20.8 Å². The smallest absolute Gasteiger partial charge is 0.408 e. The summed E-state index contributed by atoms with van der Waals surface area (Å²) in [5.74, 6) is 0.254. The SMILES string of the molecule is COc1c(OCCC(NC(=O)OCc2ccccc2)C(=O)O)cc2c(c1OC)C1=C(CCC1)C(=O)CC2. The van der Waals surface area contributed by atoms with Crippen LogP contribution >= 0.6 is 0 Å². The van der Waals surface area contributed by atoms with Gasteiger partial charge < -0.3 is 29.4 Å². The summed E-state index contributed by atoms with van der Waals surface area (Å²) in [5, 5.41) is 12.0. The van der Waals surface area contributed by atoms with Gasteiger partial charge in [-0.3, -0.25) is 4.79 Å². The normalized spacial score (nSPS) is 15.2. The van der Waals surface area contributed by atoms with Crippen molar-refractivity contribution >= 4 is 23.4 Å². The Balaban J connectivity index is 1.45. The number of carboxylic acid groups (broad SMARTS) is 1. The maximum atomic E-state index is 12.7. The molecule has 9 nitrogen and oxygen atoms in total. The zero-order chi connectivity index (χ0) is 26.4. The third kappa shape index (κ3) is 5.87. The third-order valence-corrected chi connectivity index (χ3v) is 6.64. The maximum Gasteiger partial charge on any atom is 0.408 e. The molecule has 0 heterocycles. The highest BCUT2D eigenvalue weighted by Crippen LogP contribution is 2.50. The van der Waals surface area contributed by atoms with Gasteiger partial charge in [0.25, 0.3) is 0 Å². The Bertz CT molecular complexity index is 1200. The van der Waals surface area contributed by atoms with Crippen LogP contribution in [0.2, 0.25) is 0 Å². The fraction of sp³-hybridized carbons (Fsp3) is 0.393. The van der Waals surface area contributed by atoms with Crippen LogP contribution in [0.1, 0.15) is 48.8 Å². The van der Waals surface area contributed by atoms with Gasteiger partial charge in [-0.15, -0.1) is 0 Å². The van der Waals surface area contributed by atoms with Crippen LogP contribution in [0.4, 0.5) is 4.79 Å². The van der Waals surface area contributed by atoms with E-state index in [2.05, 4.69) is 5.32 Å². The number of fused-ring (bicyclic) bond motifs is 2. The average molecular weight is 510 g/mol. The van der Waals surface area contributed by atoms with Gasteiger partial charge >= 0.3 is 12.1 Å². The summed E-state index contributed by atoms with van der Waals surface area (Å²) >= 11 is 0. The molecule has 0 saturated heterocycles. The van der Waals surface area contributed by atoms with E-state index in [9.17, 15) is 19.5 Å². The average Bonchev–Trinajstić information content (AvgIpc) is 3.34. The summed E-state index contributed by atoms with van der Waals surface area (Å²) < 4.78 is 22.4. The van der Waals surface area contributed by atoms with Crippen molar-refractivity contribution in [1.82, 2.24) is 5.32 Å². The minimum atomic E-state index is -1.21. The van der Waals surface area contributed by atoms with Gasteiger partial charge in [0.2, 0.25) is 5.75 Å². The molecule has 0 fully saturated rings. The van der Waals surface area contributed by atoms with E-state index in [1.807, 2.05) is 24.3 Å². The van der Waals surface area contributed by atoms with Crippen molar-refractivity contribution in [3.8, 4) is 17.2 Å². The Hall–Kier alpha value is -4.01. The lowest BCUT2D eigenvalue weighted by Crippen LogP contribution is -2.42. The van der Waals surface area contributed by atoms with Gasteiger partial charge in [-0.05, 0) is 54.0 Å². The number of methoxy groups -OCH3 is 2. The van der Waals surface area contributed by atoms with E-state index < -0.39 is 18.1 Å². The molecule has 196 valence electrons. The molecule has 0 aliphatic heterocycles. The molecule has 37 heavy (non-hydrogen) atoms. The molecule has 1 amide bonds. The molecule has 1 unspecified atom stereocenters. The second-order valence-corrected chi connectivity index (χ2v) is 8.94. The number of allylic oxidation sites excluding steroid dienone is 2. The summed E-state index contributed by atoms with van der Waals surface area (Å²) in [5.41, 5.74) is 4.52. The molecule has 1 atom stereocenters. The van der Waals surface area contributed by atoms with Crippen LogP contribution in [0, 0.1) is 0 Å². The lowest BCUT2D eigenvalue weighted by molar-refractivity contribution is -0.139. The Morgan fingerprint density at radius 2 is 1.73 bits per heavy atom. The first-order chi connectivity index (χ1) is 17.9. The van der Waals surface area contributed by atoms with E-state index >= 15 is 0 Å². The number of hydrogen-bond donors (Lipinski definition) is 2. The highest BCUT2D eigenvalue weighted by atomic mass is 16.6. The molecule has 2 N–H and O–H groups in total. The van der Waals surface area contributed by atoms with Gasteiger partial charge in [0.15, 0.2) is 17.3 Å². The maximum absolute atomic E-state index is 12.7. The number of ether oxygens (including phenoxy) is 4. The lowest BCUT2D eigenvalue weighted by Gasteiger charge is -2.21.